The van der Waals surface area contributed by atoms with Crippen molar-refractivity contribution >= 4 is 45.0 Å². The van der Waals surface area contributed by atoms with E-state index in [2.05, 4.69) is 10.6 Å². The number of hydrogen-bond acceptors (Lipinski definition) is 4. The summed E-state index contributed by atoms with van der Waals surface area (Å²) in [6.07, 6.45) is 0. The number of hydrogen-bond donors (Lipinski definition) is 2. The van der Waals surface area contributed by atoms with E-state index in [1.54, 1.807) is 24.3 Å². The number of para-hydroxylation sites is 2. The summed E-state index contributed by atoms with van der Waals surface area (Å²) in [6, 6.07) is 45.6. The quantitative estimate of drug-likeness (QED) is 0.210. The molecular weight excluding hydrogens is 544 g/mol. The van der Waals surface area contributed by atoms with Crippen molar-refractivity contribution in [1.82, 2.24) is 9.97 Å². The van der Waals surface area contributed by atoms with Gasteiger partial charge >= 0.3 is 0 Å². The maximum atomic E-state index is 13.5. The van der Waals surface area contributed by atoms with Crippen LogP contribution in [0.4, 0.5) is 11.4 Å². The number of carbonyl (C=O) groups is 2. The molecule has 0 saturated carbocycles. The van der Waals surface area contributed by atoms with Crippen LogP contribution in [0.1, 0.15) is 20.7 Å². The topological polar surface area (TPSA) is 84.0 Å². The smallest absolute Gasteiger partial charge is 0.256 e. The molecule has 210 valence electrons. The third-order valence-electron chi connectivity index (χ3n) is 7.46. The number of nitrogens with zero attached hydrogens (tertiary/aromatic N) is 2. The molecule has 2 heterocycles. The van der Waals surface area contributed by atoms with E-state index in [4.69, 9.17) is 9.97 Å². The van der Waals surface area contributed by atoms with Gasteiger partial charge in [0.05, 0.1) is 33.5 Å². The molecule has 0 bridgehead atoms. The minimum absolute atomic E-state index is 0.241. The van der Waals surface area contributed by atoms with Crippen molar-refractivity contribution in [1.29, 1.82) is 0 Å². The SMILES string of the molecule is O=C(Nc1ccc(NC(=O)c2cc(-c3ccccc3)nc3ccccc23)cc1)c1cc(-c2ccccc2)nc2ccccc12. The summed E-state index contributed by atoms with van der Waals surface area (Å²) in [5.41, 5.74) is 7.10. The van der Waals surface area contributed by atoms with Gasteiger partial charge in [-0.2, -0.15) is 0 Å². The first kappa shape index (κ1) is 26.7. The Labute approximate surface area is 254 Å². The van der Waals surface area contributed by atoms with E-state index in [0.29, 0.717) is 22.5 Å². The van der Waals surface area contributed by atoms with Crippen LogP contribution in [0.2, 0.25) is 0 Å². The van der Waals surface area contributed by atoms with Gasteiger partial charge < -0.3 is 10.6 Å². The van der Waals surface area contributed by atoms with Gasteiger partial charge in [-0.1, -0.05) is 97.1 Å². The van der Waals surface area contributed by atoms with Crippen molar-refractivity contribution in [2.24, 2.45) is 0 Å². The molecule has 0 aliphatic heterocycles. The molecular formula is C38H26N4O2. The van der Waals surface area contributed by atoms with Gasteiger partial charge in [0.25, 0.3) is 11.8 Å². The zero-order chi connectivity index (χ0) is 29.9. The normalized spacial score (nSPS) is 10.9. The number of fused-ring (bicyclic) bond motifs is 2. The number of benzene rings is 5. The van der Waals surface area contributed by atoms with Crippen LogP contribution in [0.5, 0.6) is 0 Å². The summed E-state index contributed by atoms with van der Waals surface area (Å²) in [6.45, 7) is 0. The number of nitrogens with one attached hydrogen (secondary N) is 2. The minimum Gasteiger partial charge on any atom is -0.322 e. The molecule has 0 fully saturated rings. The molecule has 2 N–H and O–H groups in total. The van der Waals surface area contributed by atoms with Gasteiger partial charge in [-0.25, -0.2) is 9.97 Å². The maximum Gasteiger partial charge on any atom is 0.256 e. The molecule has 6 heteroatoms. The molecule has 0 saturated heterocycles. The van der Waals surface area contributed by atoms with E-state index >= 15 is 0 Å². The highest BCUT2D eigenvalue weighted by molar-refractivity contribution is 6.14. The third-order valence-corrected chi connectivity index (χ3v) is 7.46. The molecule has 6 nitrogen and oxygen atoms in total. The summed E-state index contributed by atoms with van der Waals surface area (Å²) in [7, 11) is 0. The Morgan fingerprint density at radius 2 is 0.795 bits per heavy atom. The Kier molecular flexibility index (Phi) is 7.06. The van der Waals surface area contributed by atoms with Crippen LogP contribution in [-0.2, 0) is 0 Å². The van der Waals surface area contributed by atoms with Gasteiger partial charge in [-0.05, 0) is 48.5 Å². The van der Waals surface area contributed by atoms with Crippen LogP contribution in [-0.4, -0.2) is 21.8 Å². The average molecular weight is 571 g/mol. The molecule has 0 unspecified atom stereocenters. The minimum atomic E-state index is -0.241. The molecule has 44 heavy (non-hydrogen) atoms. The summed E-state index contributed by atoms with van der Waals surface area (Å²) in [4.78, 5) is 36.6. The first-order valence-corrected chi connectivity index (χ1v) is 14.3. The second kappa shape index (κ2) is 11.6. The first-order chi connectivity index (χ1) is 21.6. The van der Waals surface area contributed by atoms with Crippen LogP contribution in [0.15, 0.2) is 146 Å². The van der Waals surface area contributed by atoms with Crippen LogP contribution >= 0.6 is 0 Å². The van der Waals surface area contributed by atoms with Gasteiger partial charge in [0, 0.05) is 33.3 Å². The summed E-state index contributed by atoms with van der Waals surface area (Å²) >= 11 is 0. The average Bonchev–Trinajstić information content (AvgIpc) is 3.09. The lowest BCUT2D eigenvalue weighted by Gasteiger charge is -2.12. The van der Waals surface area contributed by atoms with Crippen molar-refractivity contribution in [3.8, 4) is 22.5 Å². The Balaban J connectivity index is 1.13. The number of amides is 2. The standard InChI is InChI=1S/C38H26N4O2/c43-37(31-23-35(25-11-3-1-4-12-25)41-33-17-9-7-15-29(31)33)39-27-19-21-28(22-20-27)40-38(44)32-24-36(26-13-5-2-6-14-26)42-34-18-10-8-16-30(32)34/h1-24H,(H,39,43)(H,40,44). The van der Waals surface area contributed by atoms with E-state index in [1.165, 1.54) is 0 Å². The number of rotatable bonds is 6. The Morgan fingerprint density at radius 3 is 1.20 bits per heavy atom. The fraction of sp³-hybridized carbons (Fsp3) is 0. The lowest BCUT2D eigenvalue weighted by atomic mass is 10.0. The Hall–Kier alpha value is -6.14. The Morgan fingerprint density at radius 1 is 0.432 bits per heavy atom. The number of anilines is 2. The molecule has 0 aliphatic carbocycles. The largest absolute Gasteiger partial charge is 0.322 e. The zero-order valence-electron chi connectivity index (χ0n) is 23.6. The monoisotopic (exact) mass is 570 g/mol. The fourth-order valence-electron chi connectivity index (χ4n) is 5.27. The van der Waals surface area contributed by atoms with Gasteiger partial charge in [0.2, 0.25) is 0 Å². The third kappa shape index (κ3) is 5.40. The zero-order valence-corrected chi connectivity index (χ0v) is 23.6. The molecule has 7 rings (SSSR count). The van der Waals surface area contributed by atoms with Crippen molar-refractivity contribution in [3.05, 3.63) is 157 Å². The molecule has 5 aromatic carbocycles. The molecule has 0 atom stereocenters. The molecule has 2 aromatic heterocycles. The number of carbonyl (C=O) groups excluding carboxylic acids is 2. The first-order valence-electron chi connectivity index (χ1n) is 14.3. The predicted octanol–water partition coefficient (Wildman–Crippen LogP) is 8.62. The van der Waals surface area contributed by atoms with Gasteiger partial charge in [-0.3, -0.25) is 9.59 Å². The highest BCUT2D eigenvalue weighted by Gasteiger charge is 2.16. The molecule has 0 spiro atoms. The number of pyridine rings is 2. The highest BCUT2D eigenvalue weighted by atomic mass is 16.2. The maximum absolute atomic E-state index is 13.5. The molecule has 7 aromatic rings. The number of aromatic nitrogens is 2. The Bertz CT molecular complexity index is 1990. The van der Waals surface area contributed by atoms with Gasteiger partial charge in [0.15, 0.2) is 0 Å². The summed E-state index contributed by atoms with van der Waals surface area (Å²) in [5, 5.41) is 7.55. The van der Waals surface area contributed by atoms with E-state index in [1.807, 2.05) is 121 Å². The van der Waals surface area contributed by atoms with Crippen LogP contribution in [0, 0.1) is 0 Å². The van der Waals surface area contributed by atoms with Crippen LogP contribution in [0.3, 0.4) is 0 Å². The molecule has 0 aliphatic rings. The van der Waals surface area contributed by atoms with Crippen LogP contribution < -0.4 is 10.6 Å². The second-order valence-electron chi connectivity index (χ2n) is 10.4. The van der Waals surface area contributed by atoms with E-state index in [-0.39, 0.29) is 11.8 Å². The highest BCUT2D eigenvalue weighted by Crippen LogP contribution is 2.28. The van der Waals surface area contributed by atoms with E-state index in [0.717, 1.165) is 44.3 Å². The molecule has 0 radical (unpaired) electrons. The van der Waals surface area contributed by atoms with E-state index in [9.17, 15) is 9.59 Å². The van der Waals surface area contributed by atoms with Crippen molar-refractivity contribution in [2.75, 3.05) is 10.6 Å². The van der Waals surface area contributed by atoms with Crippen molar-refractivity contribution < 1.29 is 9.59 Å². The molecule has 2 amide bonds. The fourth-order valence-corrected chi connectivity index (χ4v) is 5.27. The van der Waals surface area contributed by atoms with Crippen molar-refractivity contribution in [2.45, 2.75) is 0 Å². The second-order valence-corrected chi connectivity index (χ2v) is 10.4. The van der Waals surface area contributed by atoms with E-state index < -0.39 is 0 Å². The summed E-state index contributed by atoms with van der Waals surface area (Å²) in [5.74, 6) is -0.483. The lowest BCUT2D eigenvalue weighted by molar-refractivity contribution is 0.102. The van der Waals surface area contributed by atoms with Gasteiger partial charge in [0.1, 0.15) is 0 Å². The van der Waals surface area contributed by atoms with Gasteiger partial charge in [-0.15, -0.1) is 0 Å². The lowest BCUT2D eigenvalue weighted by Crippen LogP contribution is -2.14. The summed E-state index contributed by atoms with van der Waals surface area (Å²) < 4.78 is 0. The van der Waals surface area contributed by atoms with Crippen molar-refractivity contribution in [3.63, 3.8) is 0 Å². The van der Waals surface area contributed by atoms with Crippen LogP contribution in [0.25, 0.3) is 44.3 Å². The predicted molar refractivity (Wildman–Crippen MR) is 177 cm³/mol.